The number of halogens is 2. The number of carbonyl (C=O) groups is 1. The lowest BCUT2D eigenvalue weighted by atomic mass is 9.98. The summed E-state index contributed by atoms with van der Waals surface area (Å²) in [7, 11) is 0. The minimum absolute atomic E-state index is 0.279. The molecule has 7 heteroatoms. The summed E-state index contributed by atoms with van der Waals surface area (Å²) in [4.78, 5) is 11.9. The quantitative estimate of drug-likeness (QED) is 0.199. The van der Waals surface area contributed by atoms with E-state index < -0.39 is 5.97 Å². The molecule has 0 bridgehead atoms. The molecule has 5 nitrogen and oxygen atoms in total. The average molecular weight is 443 g/mol. The van der Waals surface area contributed by atoms with Crippen molar-refractivity contribution >= 4 is 46.3 Å². The van der Waals surface area contributed by atoms with E-state index >= 15 is 0 Å². The molecule has 0 aliphatic rings. The molecule has 0 atom stereocenters. The third kappa shape index (κ3) is 4.75. The molecule has 30 heavy (non-hydrogen) atoms. The molecule has 154 valence electrons. The maximum absolute atomic E-state index is 11.9. The number of hydrogen-bond acceptors (Lipinski definition) is 5. The van der Waals surface area contributed by atoms with E-state index in [0.29, 0.717) is 33.2 Å². The van der Waals surface area contributed by atoms with Crippen LogP contribution in [-0.4, -0.2) is 23.5 Å². The summed E-state index contributed by atoms with van der Waals surface area (Å²) in [5.74, 6) is -0.464. The summed E-state index contributed by atoms with van der Waals surface area (Å²) in [6.45, 7) is 3.96. The highest BCUT2D eigenvalue weighted by molar-refractivity contribution is 6.36. The zero-order valence-electron chi connectivity index (χ0n) is 16.4. The normalized spacial score (nSPS) is 11.3. The highest BCUT2D eigenvalue weighted by Crippen LogP contribution is 2.29. The van der Waals surface area contributed by atoms with E-state index in [4.69, 9.17) is 27.9 Å². The van der Waals surface area contributed by atoms with Gasteiger partial charge in [0.25, 0.3) is 0 Å². The first-order valence-corrected chi connectivity index (χ1v) is 10.0. The standard InChI is InChI=1S/C23H20Cl2N2O3/c1-3-30-23(28)19-11-9-16(13-21(19)25)26-15-8-10-18(20(24)12-15)22(27-29)17-7-5-4-6-14(17)2/h4-13,26,29H,3H2,1-2H3. The molecule has 0 spiro atoms. The fourth-order valence-corrected chi connectivity index (χ4v) is 3.54. The van der Waals surface area contributed by atoms with Crippen LogP contribution in [0.15, 0.2) is 65.8 Å². The van der Waals surface area contributed by atoms with Gasteiger partial charge in [-0.2, -0.15) is 0 Å². The number of nitrogens with one attached hydrogen (secondary N) is 1. The van der Waals surface area contributed by atoms with Gasteiger partial charge in [-0.15, -0.1) is 0 Å². The van der Waals surface area contributed by atoms with Crippen LogP contribution in [0.25, 0.3) is 0 Å². The van der Waals surface area contributed by atoms with Crippen molar-refractivity contribution in [3.63, 3.8) is 0 Å². The van der Waals surface area contributed by atoms with E-state index in [1.54, 1.807) is 37.3 Å². The van der Waals surface area contributed by atoms with Crippen molar-refractivity contribution in [1.82, 2.24) is 0 Å². The topological polar surface area (TPSA) is 70.9 Å². The molecule has 0 unspecified atom stereocenters. The monoisotopic (exact) mass is 442 g/mol. The van der Waals surface area contributed by atoms with Crippen molar-refractivity contribution < 1.29 is 14.7 Å². The Morgan fingerprint density at radius 2 is 1.57 bits per heavy atom. The van der Waals surface area contributed by atoms with Gasteiger partial charge in [-0.05, 0) is 55.8 Å². The van der Waals surface area contributed by atoms with Crippen molar-refractivity contribution in [2.24, 2.45) is 5.16 Å². The highest BCUT2D eigenvalue weighted by atomic mass is 35.5. The van der Waals surface area contributed by atoms with Crippen molar-refractivity contribution in [3.8, 4) is 0 Å². The van der Waals surface area contributed by atoms with E-state index in [-0.39, 0.29) is 11.6 Å². The molecule has 3 aromatic carbocycles. The lowest BCUT2D eigenvalue weighted by Crippen LogP contribution is -2.07. The Hall–Kier alpha value is -3.02. The summed E-state index contributed by atoms with van der Waals surface area (Å²) in [6, 6.07) is 17.9. The van der Waals surface area contributed by atoms with Gasteiger partial charge < -0.3 is 15.3 Å². The molecule has 2 N–H and O–H groups in total. The molecule has 0 aromatic heterocycles. The van der Waals surface area contributed by atoms with Crippen LogP contribution >= 0.6 is 23.2 Å². The number of hydrogen-bond donors (Lipinski definition) is 2. The van der Waals surface area contributed by atoms with Gasteiger partial charge in [0, 0.05) is 22.5 Å². The minimum atomic E-state index is -0.464. The van der Waals surface area contributed by atoms with Gasteiger partial charge in [0.05, 0.1) is 22.2 Å². The number of esters is 1. The van der Waals surface area contributed by atoms with E-state index in [1.165, 1.54) is 0 Å². The Kier molecular flexibility index (Phi) is 6.98. The van der Waals surface area contributed by atoms with Crippen LogP contribution in [-0.2, 0) is 4.74 Å². The number of rotatable bonds is 6. The predicted molar refractivity (Wildman–Crippen MR) is 121 cm³/mol. The maximum Gasteiger partial charge on any atom is 0.339 e. The van der Waals surface area contributed by atoms with Gasteiger partial charge in [0.2, 0.25) is 0 Å². The van der Waals surface area contributed by atoms with Crippen LogP contribution in [0.5, 0.6) is 0 Å². The molecule has 0 saturated heterocycles. The van der Waals surface area contributed by atoms with Crippen LogP contribution in [0, 0.1) is 6.92 Å². The number of oxime groups is 1. The smallest absolute Gasteiger partial charge is 0.339 e. The van der Waals surface area contributed by atoms with Crippen molar-refractivity contribution in [2.75, 3.05) is 11.9 Å². The molecule has 0 aliphatic heterocycles. The molecule has 0 fully saturated rings. The first kappa shape index (κ1) is 21.7. The molecular weight excluding hydrogens is 423 g/mol. The summed E-state index contributed by atoms with van der Waals surface area (Å²) >= 11 is 12.7. The molecule has 0 radical (unpaired) electrons. The van der Waals surface area contributed by atoms with Crippen LogP contribution in [0.2, 0.25) is 10.0 Å². The molecule has 3 aromatic rings. The second-order valence-electron chi connectivity index (χ2n) is 6.50. The molecule has 0 amide bonds. The number of ether oxygens (including phenoxy) is 1. The van der Waals surface area contributed by atoms with E-state index in [0.717, 1.165) is 11.1 Å². The SMILES string of the molecule is CCOC(=O)c1ccc(Nc2ccc(C(=NO)c3ccccc3C)c(Cl)c2)cc1Cl. The minimum Gasteiger partial charge on any atom is -0.462 e. The van der Waals surface area contributed by atoms with Gasteiger partial charge in [-0.25, -0.2) is 4.79 Å². The second-order valence-corrected chi connectivity index (χ2v) is 7.31. The number of aryl methyl sites for hydroxylation is 1. The Morgan fingerprint density at radius 3 is 2.10 bits per heavy atom. The van der Waals surface area contributed by atoms with Gasteiger partial charge in [-0.3, -0.25) is 0 Å². The van der Waals surface area contributed by atoms with Crippen LogP contribution in [0.1, 0.15) is 34.0 Å². The Morgan fingerprint density at radius 1 is 0.967 bits per heavy atom. The molecule has 0 heterocycles. The summed E-state index contributed by atoms with van der Waals surface area (Å²) < 4.78 is 4.98. The van der Waals surface area contributed by atoms with E-state index in [2.05, 4.69) is 10.5 Å². The van der Waals surface area contributed by atoms with Crippen LogP contribution < -0.4 is 5.32 Å². The van der Waals surface area contributed by atoms with Crippen molar-refractivity contribution in [3.05, 3.63) is 93.0 Å². The maximum atomic E-state index is 11.9. The average Bonchev–Trinajstić information content (AvgIpc) is 2.71. The number of anilines is 2. The van der Waals surface area contributed by atoms with Gasteiger partial charge >= 0.3 is 5.97 Å². The first-order valence-electron chi connectivity index (χ1n) is 9.26. The third-order valence-corrected chi connectivity index (χ3v) is 5.10. The molecule has 0 aliphatic carbocycles. The number of carbonyl (C=O) groups excluding carboxylic acids is 1. The van der Waals surface area contributed by atoms with Crippen molar-refractivity contribution in [2.45, 2.75) is 13.8 Å². The Bertz CT molecular complexity index is 1110. The van der Waals surface area contributed by atoms with Gasteiger partial charge in [0.1, 0.15) is 5.71 Å². The molecule has 3 rings (SSSR count). The lowest BCUT2D eigenvalue weighted by molar-refractivity contribution is 0.0526. The summed E-state index contributed by atoms with van der Waals surface area (Å²) in [5, 5.41) is 17.0. The molecular formula is C23H20Cl2N2O3. The highest BCUT2D eigenvalue weighted by Gasteiger charge is 2.15. The lowest BCUT2D eigenvalue weighted by Gasteiger charge is -2.13. The van der Waals surface area contributed by atoms with Gasteiger partial charge in [0.15, 0.2) is 0 Å². The zero-order valence-corrected chi connectivity index (χ0v) is 18.0. The Labute approximate surface area is 184 Å². The van der Waals surface area contributed by atoms with Crippen LogP contribution in [0.3, 0.4) is 0 Å². The number of nitrogens with zero attached hydrogens (tertiary/aromatic N) is 1. The Balaban J connectivity index is 1.85. The zero-order chi connectivity index (χ0) is 21.7. The third-order valence-electron chi connectivity index (χ3n) is 4.48. The fourth-order valence-electron chi connectivity index (χ4n) is 3.01. The molecule has 0 saturated carbocycles. The van der Waals surface area contributed by atoms with Crippen molar-refractivity contribution in [1.29, 1.82) is 0 Å². The predicted octanol–water partition coefficient (Wildman–Crippen LogP) is 6.45. The first-order chi connectivity index (χ1) is 14.4. The van der Waals surface area contributed by atoms with E-state index in [9.17, 15) is 10.0 Å². The van der Waals surface area contributed by atoms with Gasteiger partial charge in [-0.1, -0.05) is 52.6 Å². The summed E-state index contributed by atoms with van der Waals surface area (Å²) in [5.41, 5.74) is 4.47. The largest absolute Gasteiger partial charge is 0.462 e. The summed E-state index contributed by atoms with van der Waals surface area (Å²) in [6.07, 6.45) is 0. The number of benzene rings is 3. The second kappa shape index (κ2) is 9.65. The fraction of sp³-hybridized carbons (Fsp3) is 0.130. The van der Waals surface area contributed by atoms with Crippen LogP contribution in [0.4, 0.5) is 11.4 Å². The van der Waals surface area contributed by atoms with E-state index in [1.807, 2.05) is 37.3 Å².